The predicted molar refractivity (Wildman–Crippen MR) is 98.7 cm³/mol. The highest BCUT2D eigenvalue weighted by Crippen LogP contribution is 2.36. The second-order valence-electron chi connectivity index (χ2n) is 6.82. The van der Waals surface area contributed by atoms with Gasteiger partial charge in [0.2, 0.25) is 5.95 Å². The summed E-state index contributed by atoms with van der Waals surface area (Å²) < 4.78 is 38.5. The average Bonchev–Trinajstić information content (AvgIpc) is 3.17. The number of nitrogens with zero attached hydrogens (tertiary/aromatic N) is 4. The second kappa shape index (κ2) is 8.27. The van der Waals surface area contributed by atoms with E-state index < -0.39 is 23.8 Å². The number of likely N-dealkylation sites (N-methyl/N-ethyl adjacent to an activating group) is 1. The average molecular weight is 424 g/mol. The van der Waals surface area contributed by atoms with E-state index in [2.05, 4.69) is 9.97 Å². The van der Waals surface area contributed by atoms with E-state index in [1.165, 1.54) is 26.3 Å². The van der Waals surface area contributed by atoms with Crippen molar-refractivity contribution in [3.8, 4) is 0 Å². The fourth-order valence-corrected chi connectivity index (χ4v) is 3.36. The summed E-state index contributed by atoms with van der Waals surface area (Å²) in [6.45, 7) is 0.270. The zero-order valence-electron chi connectivity index (χ0n) is 16.1. The first-order chi connectivity index (χ1) is 14.1. The minimum atomic E-state index is -4.43. The van der Waals surface area contributed by atoms with Gasteiger partial charge < -0.3 is 10.0 Å². The number of carbonyl (C=O) groups is 2. The molecule has 160 valence electrons. The lowest BCUT2D eigenvalue weighted by atomic mass is 9.95. The molecule has 0 bridgehead atoms. The number of carboxylic acids is 1. The van der Waals surface area contributed by atoms with Crippen molar-refractivity contribution in [2.75, 3.05) is 25.6 Å². The Bertz CT molecular complexity index is 919. The summed E-state index contributed by atoms with van der Waals surface area (Å²) in [5, 5.41) is 10.1. The number of amides is 1. The zero-order chi connectivity index (χ0) is 22.1. The molecule has 1 aromatic carbocycles. The van der Waals surface area contributed by atoms with Gasteiger partial charge in [0.05, 0.1) is 18.2 Å². The van der Waals surface area contributed by atoms with Crippen molar-refractivity contribution in [3.63, 3.8) is 0 Å². The molecule has 0 saturated carbocycles. The molecule has 3 rings (SSSR count). The lowest BCUT2D eigenvalue weighted by Crippen LogP contribution is -2.44. The van der Waals surface area contributed by atoms with Gasteiger partial charge >= 0.3 is 12.1 Å². The summed E-state index contributed by atoms with van der Waals surface area (Å²) in [5.41, 5.74) is -0.208. The number of hydrogen-bond acceptors (Lipinski definition) is 6. The minimum absolute atomic E-state index is 0.103. The number of halogens is 3. The molecule has 8 nitrogen and oxygen atoms in total. The van der Waals surface area contributed by atoms with Gasteiger partial charge in [-0.25, -0.2) is 19.8 Å². The first-order valence-electron chi connectivity index (χ1n) is 8.92. The lowest BCUT2D eigenvalue weighted by Gasteiger charge is -2.26. The molecule has 1 aliphatic rings. The Kier molecular flexibility index (Phi) is 5.92. The molecule has 0 spiro atoms. The van der Waals surface area contributed by atoms with Crippen molar-refractivity contribution in [2.45, 2.75) is 24.6 Å². The molecular formula is C19H19F3N4O4. The lowest BCUT2D eigenvalue weighted by molar-refractivity contribution is -0.170. The molecule has 2 aromatic rings. The molecule has 1 amide bonds. The first kappa shape index (κ1) is 21.5. The Morgan fingerprint density at radius 1 is 1.20 bits per heavy atom. The van der Waals surface area contributed by atoms with Crippen LogP contribution in [0.4, 0.5) is 19.1 Å². The van der Waals surface area contributed by atoms with Crippen LogP contribution in [0, 0.1) is 0 Å². The molecule has 1 aliphatic heterocycles. The quantitative estimate of drug-likeness (QED) is 0.737. The normalized spacial score (nSPS) is 19.0. The SMILES string of the molecule is CON(C)C(=O)[C@@H]1CC(c2ccc(C(F)(F)F)cc2)CN1c1ncc(C(=O)O)cn1. The zero-order valence-corrected chi connectivity index (χ0v) is 16.1. The van der Waals surface area contributed by atoms with Crippen molar-refractivity contribution < 1.29 is 32.7 Å². The molecule has 2 heterocycles. The van der Waals surface area contributed by atoms with Gasteiger partial charge in [-0.3, -0.25) is 9.63 Å². The molecule has 0 radical (unpaired) electrons. The third kappa shape index (κ3) is 4.35. The minimum Gasteiger partial charge on any atom is -0.478 e. The number of anilines is 1. The van der Waals surface area contributed by atoms with Crippen molar-refractivity contribution in [2.24, 2.45) is 0 Å². The highest BCUT2D eigenvalue weighted by atomic mass is 19.4. The van der Waals surface area contributed by atoms with Crippen LogP contribution in [-0.4, -0.2) is 58.8 Å². The topological polar surface area (TPSA) is 95.9 Å². The van der Waals surface area contributed by atoms with Gasteiger partial charge in [-0.1, -0.05) is 12.1 Å². The van der Waals surface area contributed by atoms with Crippen LogP contribution in [0.1, 0.15) is 33.8 Å². The van der Waals surface area contributed by atoms with Crippen molar-refractivity contribution in [3.05, 3.63) is 53.3 Å². The summed E-state index contributed by atoms with van der Waals surface area (Å²) in [5.74, 6) is -1.67. The molecular weight excluding hydrogens is 405 g/mol. The Hall–Kier alpha value is -3.21. The Labute approximate surface area is 169 Å². The predicted octanol–water partition coefficient (Wildman–Crippen LogP) is 2.58. The van der Waals surface area contributed by atoms with Gasteiger partial charge in [0.15, 0.2) is 0 Å². The summed E-state index contributed by atoms with van der Waals surface area (Å²) in [7, 11) is 2.78. The molecule has 1 unspecified atom stereocenters. The summed E-state index contributed by atoms with van der Waals surface area (Å²) in [4.78, 5) is 38.4. The van der Waals surface area contributed by atoms with E-state index >= 15 is 0 Å². The number of carboxylic acid groups (broad SMARTS) is 1. The highest BCUT2D eigenvalue weighted by Gasteiger charge is 2.41. The van der Waals surface area contributed by atoms with Crippen LogP contribution >= 0.6 is 0 Å². The van der Waals surface area contributed by atoms with Gasteiger partial charge in [-0.15, -0.1) is 0 Å². The molecule has 2 atom stereocenters. The number of hydroxylamine groups is 2. The maximum absolute atomic E-state index is 12.8. The third-order valence-electron chi connectivity index (χ3n) is 5.02. The van der Waals surface area contributed by atoms with Gasteiger partial charge in [-0.2, -0.15) is 13.2 Å². The number of benzene rings is 1. The molecule has 30 heavy (non-hydrogen) atoms. The first-order valence-corrected chi connectivity index (χ1v) is 8.92. The molecule has 1 N–H and O–H groups in total. The van der Waals surface area contributed by atoms with Gasteiger partial charge in [0.1, 0.15) is 6.04 Å². The largest absolute Gasteiger partial charge is 0.478 e. The fourth-order valence-electron chi connectivity index (χ4n) is 3.36. The summed E-state index contributed by atoms with van der Waals surface area (Å²) in [6, 6.07) is 4.08. The smallest absolute Gasteiger partial charge is 0.416 e. The van der Waals surface area contributed by atoms with Gasteiger partial charge in [0, 0.05) is 31.9 Å². The van der Waals surface area contributed by atoms with Crippen molar-refractivity contribution >= 4 is 17.8 Å². The fraction of sp³-hybridized carbons (Fsp3) is 0.368. The number of rotatable bonds is 5. The van der Waals surface area contributed by atoms with Crippen LogP contribution in [0.15, 0.2) is 36.7 Å². The maximum atomic E-state index is 12.8. The van der Waals surface area contributed by atoms with E-state index in [9.17, 15) is 22.8 Å². The molecule has 1 fully saturated rings. The van der Waals surface area contributed by atoms with Crippen LogP contribution in [0.5, 0.6) is 0 Å². The molecule has 1 aromatic heterocycles. The molecule has 1 saturated heterocycles. The van der Waals surface area contributed by atoms with Gasteiger partial charge in [-0.05, 0) is 24.1 Å². The molecule has 0 aliphatic carbocycles. The van der Waals surface area contributed by atoms with E-state index in [4.69, 9.17) is 9.94 Å². The maximum Gasteiger partial charge on any atom is 0.416 e. The summed E-state index contributed by atoms with van der Waals surface area (Å²) in [6.07, 6.45) is -1.85. The van der Waals surface area contributed by atoms with E-state index in [1.54, 1.807) is 4.90 Å². The van der Waals surface area contributed by atoms with E-state index in [0.29, 0.717) is 12.0 Å². The number of hydrogen-bond donors (Lipinski definition) is 1. The highest BCUT2D eigenvalue weighted by molar-refractivity contribution is 5.87. The van der Waals surface area contributed by atoms with Crippen LogP contribution in [-0.2, 0) is 15.8 Å². The molecule has 11 heteroatoms. The Morgan fingerprint density at radius 2 is 1.80 bits per heavy atom. The number of carbonyl (C=O) groups excluding carboxylic acids is 1. The number of aromatic nitrogens is 2. The van der Waals surface area contributed by atoms with Crippen LogP contribution in [0.2, 0.25) is 0 Å². The van der Waals surface area contributed by atoms with Crippen LogP contribution < -0.4 is 4.90 Å². The monoisotopic (exact) mass is 424 g/mol. The van der Waals surface area contributed by atoms with Gasteiger partial charge in [0.25, 0.3) is 5.91 Å². The standard InChI is InChI=1S/C19H19F3N4O4/c1-25(30-2)16(27)15-7-12(11-3-5-14(6-4-11)19(20,21)22)10-26(15)18-23-8-13(9-24-18)17(28)29/h3-6,8-9,12,15H,7,10H2,1-2H3,(H,28,29)/t12?,15-/m0/s1. The second-order valence-corrected chi connectivity index (χ2v) is 6.82. The number of aromatic carboxylic acids is 1. The van der Waals surface area contributed by atoms with E-state index in [-0.39, 0.29) is 29.9 Å². The van der Waals surface area contributed by atoms with Crippen molar-refractivity contribution in [1.82, 2.24) is 15.0 Å². The third-order valence-corrected chi connectivity index (χ3v) is 5.02. The summed E-state index contributed by atoms with van der Waals surface area (Å²) >= 11 is 0. The van der Waals surface area contributed by atoms with Crippen molar-refractivity contribution in [1.29, 1.82) is 0 Å². The van der Waals surface area contributed by atoms with E-state index in [0.717, 1.165) is 29.6 Å². The van der Waals surface area contributed by atoms with Crippen LogP contribution in [0.25, 0.3) is 0 Å². The van der Waals surface area contributed by atoms with Crippen LogP contribution in [0.3, 0.4) is 0 Å². The van der Waals surface area contributed by atoms with E-state index in [1.807, 2.05) is 0 Å². The number of alkyl halides is 3. The Balaban J connectivity index is 1.90. The Morgan fingerprint density at radius 3 is 2.30 bits per heavy atom.